The molecule has 0 aliphatic rings. The molecule has 1 N–H and O–H groups in total. The summed E-state index contributed by atoms with van der Waals surface area (Å²) in [7, 11) is 0. The van der Waals surface area contributed by atoms with Crippen LogP contribution in [0.3, 0.4) is 0 Å². The van der Waals surface area contributed by atoms with Gasteiger partial charge in [0.05, 0.1) is 12.0 Å². The second-order valence-corrected chi connectivity index (χ2v) is 3.84. The molecule has 0 saturated carbocycles. The summed E-state index contributed by atoms with van der Waals surface area (Å²) >= 11 is 0. The largest absolute Gasteiger partial charge is 0.462 e. The molecule has 0 unspecified atom stereocenters. The number of hydrogen-bond donors (Lipinski definition) is 1. The third kappa shape index (κ3) is 7.16. The highest BCUT2D eigenvalue weighted by atomic mass is 16.5. The predicted octanol–water partition coefficient (Wildman–Crippen LogP) is 3.80. The number of rotatable bonds is 5. The van der Waals surface area contributed by atoms with Crippen molar-refractivity contribution in [3.63, 3.8) is 0 Å². The standard InChI is InChI=1S/C14H16N2O2.C2H6/c1-10(2)18-12(4)9-15-16-14(17)13-7-5-6-11(3)8-13;1-2/h5-9H,1,4H2,2-3H3,(H,16,17);1-2H3/b15-9+;. The Morgan fingerprint density at radius 3 is 2.55 bits per heavy atom. The van der Waals surface area contributed by atoms with E-state index < -0.39 is 0 Å². The number of hydrogen-bond acceptors (Lipinski definition) is 3. The smallest absolute Gasteiger partial charge is 0.271 e. The van der Waals surface area contributed by atoms with Gasteiger partial charge in [0.1, 0.15) is 5.76 Å². The molecule has 1 amide bonds. The van der Waals surface area contributed by atoms with Crippen LogP contribution >= 0.6 is 0 Å². The Bertz CT molecular complexity index is 505. The van der Waals surface area contributed by atoms with Gasteiger partial charge in [-0.05, 0) is 26.0 Å². The Morgan fingerprint density at radius 2 is 2.00 bits per heavy atom. The van der Waals surface area contributed by atoms with Crippen LogP contribution in [0.5, 0.6) is 0 Å². The van der Waals surface area contributed by atoms with Crippen molar-refractivity contribution in [2.75, 3.05) is 0 Å². The Labute approximate surface area is 120 Å². The third-order valence-electron chi connectivity index (χ3n) is 1.96. The molecule has 108 valence electrons. The lowest BCUT2D eigenvalue weighted by atomic mass is 10.1. The summed E-state index contributed by atoms with van der Waals surface area (Å²) in [5, 5.41) is 3.74. The number of nitrogens with one attached hydrogen (secondary N) is 1. The van der Waals surface area contributed by atoms with E-state index in [1.807, 2.05) is 32.9 Å². The molecule has 20 heavy (non-hydrogen) atoms. The summed E-state index contributed by atoms with van der Waals surface area (Å²) in [5.41, 5.74) is 3.96. The monoisotopic (exact) mass is 274 g/mol. The van der Waals surface area contributed by atoms with Gasteiger partial charge >= 0.3 is 0 Å². The van der Waals surface area contributed by atoms with Crippen LogP contribution in [0.4, 0.5) is 0 Å². The van der Waals surface area contributed by atoms with Crippen molar-refractivity contribution in [1.29, 1.82) is 0 Å². The quantitative estimate of drug-likeness (QED) is 0.504. The van der Waals surface area contributed by atoms with Crippen molar-refractivity contribution in [3.8, 4) is 0 Å². The molecular weight excluding hydrogens is 252 g/mol. The maximum absolute atomic E-state index is 11.7. The van der Waals surface area contributed by atoms with Crippen molar-refractivity contribution in [1.82, 2.24) is 5.43 Å². The molecule has 0 heterocycles. The lowest BCUT2D eigenvalue weighted by molar-refractivity contribution is 0.0955. The molecule has 4 heteroatoms. The SMILES string of the molecule is C=C(C)OC(=C)/C=N/NC(=O)c1cccc(C)c1.CC. The molecular formula is C16H22N2O2. The van der Waals surface area contributed by atoms with Gasteiger partial charge < -0.3 is 4.74 Å². The van der Waals surface area contributed by atoms with E-state index in [0.717, 1.165) is 5.56 Å². The number of aryl methyl sites for hydroxylation is 1. The molecule has 1 aromatic carbocycles. The normalized spacial score (nSPS) is 9.40. The highest BCUT2D eigenvalue weighted by Crippen LogP contribution is 2.03. The Balaban J connectivity index is 0.00000172. The van der Waals surface area contributed by atoms with Crippen molar-refractivity contribution in [2.45, 2.75) is 27.7 Å². The van der Waals surface area contributed by atoms with Crippen LogP contribution < -0.4 is 5.43 Å². The van der Waals surface area contributed by atoms with E-state index in [9.17, 15) is 4.79 Å². The number of ether oxygens (including phenoxy) is 1. The molecule has 1 rings (SSSR count). The molecule has 4 nitrogen and oxygen atoms in total. The first-order valence-electron chi connectivity index (χ1n) is 6.41. The molecule has 0 spiro atoms. The zero-order valence-corrected chi connectivity index (χ0v) is 12.6. The predicted molar refractivity (Wildman–Crippen MR) is 83.5 cm³/mol. The zero-order chi connectivity index (χ0) is 15.5. The van der Waals surface area contributed by atoms with Gasteiger partial charge in [0.2, 0.25) is 0 Å². The molecule has 0 bridgehead atoms. The number of nitrogens with zero attached hydrogens (tertiary/aromatic N) is 1. The number of allylic oxidation sites excluding steroid dienone is 2. The second-order valence-electron chi connectivity index (χ2n) is 3.84. The van der Waals surface area contributed by atoms with Crippen LogP contribution in [0.25, 0.3) is 0 Å². The Kier molecular flexibility index (Phi) is 8.43. The minimum absolute atomic E-state index is 0.280. The highest BCUT2D eigenvalue weighted by molar-refractivity contribution is 5.94. The van der Waals surface area contributed by atoms with Crippen molar-refractivity contribution >= 4 is 12.1 Å². The number of hydrazone groups is 1. The second kappa shape index (κ2) is 9.55. The number of benzene rings is 1. The third-order valence-corrected chi connectivity index (χ3v) is 1.96. The first-order chi connectivity index (χ1) is 9.49. The molecule has 1 aromatic rings. The molecule has 0 aromatic heterocycles. The van der Waals surface area contributed by atoms with E-state index in [1.165, 1.54) is 6.21 Å². The van der Waals surface area contributed by atoms with Gasteiger partial charge in [0, 0.05) is 5.56 Å². The van der Waals surface area contributed by atoms with Crippen LogP contribution in [-0.4, -0.2) is 12.1 Å². The Hall–Kier alpha value is -2.36. The average molecular weight is 274 g/mol. The maximum Gasteiger partial charge on any atom is 0.271 e. The fourth-order valence-electron chi connectivity index (χ4n) is 1.26. The summed E-state index contributed by atoms with van der Waals surface area (Å²) in [5.74, 6) is 0.543. The summed E-state index contributed by atoms with van der Waals surface area (Å²) in [4.78, 5) is 11.7. The minimum Gasteiger partial charge on any atom is -0.462 e. The first kappa shape index (κ1) is 17.6. The summed E-state index contributed by atoms with van der Waals surface area (Å²) in [6.07, 6.45) is 1.32. The molecule has 0 aliphatic carbocycles. The highest BCUT2D eigenvalue weighted by Gasteiger charge is 2.03. The van der Waals surface area contributed by atoms with Gasteiger partial charge in [0.15, 0.2) is 0 Å². The summed E-state index contributed by atoms with van der Waals surface area (Å²) in [6.45, 7) is 14.8. The van der Waals surface area contributed by atoms with Crippen LogP contribution in [0.1, 0.15) is 36.7 Å². The maximum atomic E-state index is 11.7. The molecule has 0 atom stereocenters. The molecule has 0 saturated heterocycles. The van der Waals surface area contributed by atoms with Gasteiger partial charge in [0.25, 0.3) is 5.91 Å². The van der Waals surface area contributed by atoms with Crippen molar-refractivity contribution < 1.29 is 9.53 Å². The number of carbonyl (C=O) groups excluding carboxylic acids is 1. The van der Waals surface area contributed by atoms with Gasteiger partial charge in [-0.25, -0.2) is 5.43 Å². The van der Waals surface area contributed by atoms with Gasteiger partial charge in [-0.15, -0.1) is 0 Å². The number of carbonyl (C=O) groups is 1. The minimum atomic E-state index is -0.280. The van der Waals surface area contributed by atoms with Crippen LogP contribution in [0.2, 0.25) is 0 Å². The van der Waals surface area contributed by atoms with E-state index in [1.54, 1.807) is 19.1 Å². The van der Waals surface area contributed by atoms with Gasteiger partial charge in [-0.2, -0.15) is 5.10 Å². The van der Waals surface area contributed by atoms with E-state index in [-0.39, 0.29) is 5.91 Å². The molecule has 0 radical (unpaired) electrons. The lowest BCUT2D eigenvalue weighted by Gasteiger charge is -2.03. The molecule has 0 aliphatic heterocycles. The van der Waals surface area contributed by atoms with E-state index in [4.69, 9.17) is 4.74 Å². The van der Waals surface area contributed by atoms with Crippen LogP contribution in [0.15, 0.2) is 54.0 Å². The van der Waals surface area contributed by atoms with E-state index in [0.29, 0.717) is 17.1 Å². The fraction of sp³-hybridized carbons (Fsp3) is 0.250. The zero-order valence-electron chi connectivity index (χ0n) is 12.6. The van der Waals surface area contributed by atoms with Gasteiger partial charge in [-0.3, -0.25) is 4.79 Å². The number of amides is 1. The van der Waals surface area contributed by atoms with E-state index in [2.05, 4.69) is 23.7 Å². The van der Waals surface area contributed by atoms with Crippen molar-refractivity contribution in [2.24, 2.45) is 5.10 Å². The Morgan fingerprint density at radius 1 is 1.35 bits per heavy atom. The fourth-order valence-corrected chi connectivity index (χ4v) is 1.26. The summed E-state index contributed by atoms with van der Waals surface area (Å²) in [6, 6.07) is 7.24. The first-order valence-corrected chi connectivity index (χ1v) is 6.41. The summed E-state index contributed by atoms with van der Waals surface area (Å²) < 4.78 is 5.07. The molecule has 0 fully saturated rings. The average Bonchev–Trinajstić information content (AvgIpc) is 2.40. The van der Waals surface area contributed by atoms with E-state index >= 15 is 0 Å². The lowest BCUT2D eigenvalue weighted by Crippen LogP contribution is -2.17. The van der Waals surface area contributed by atoms with Crippen LogP contribution in [0, 0.1) is 6.92 Å². The van der Waals surface area contributed by atoms with Crippen LogP contribution in [-0.2, 0) is 4.74 Å². The topological polar surface area (TPSA) is 50.7 Å². The van der Waals surface area contributed by atoms with Gasteiger partial charge in [-0.1, -0.05) is 44.7 Å². The van der Waals surface area contributed by atoms with Crippen molar-refractivity contribution in [3.05, 3.63) is 60.1 Å².